The Bertz CT molecular complexity index is 489. The van der Waals surface area contributed by atoms with Gasteiger partial charge in [0.25, 0.3) is 0 Å². The Morgan fingerprint density at radius 2 is 2.12 bits per heavy atom. The molecule has 0 saturated heterocycles. The average Bonchev–Trinajstić information content (AvgIpc) is 2.49. The molecular formula is C15H16I2. The lowest BCUT2D eigenvalue weighted by atomic mass is 9.76. The van der Waals surface area contributed by atoms with Crippen molar-refractivity contribution in [3.63, 3.8) is 0 Å². The van der Waals surface area contributed by atoms with Crippen molar-refractivity contribution in [1.82, 2.24) is 0 Å². The first kappa shape index (κ1) is 12.5. The van der Waals surface area contributed by atoms with Crippen molar-refractivity contribution >= 4 is 45.2 Å². The predicted octanol–water partition coefficient (Wildman–Crippen LogP) is 5.35. The summed E-state index contributed by atoms with van der Waals surface area (Å²) in [6, 6.07) is 0. The van der Waals surface area contributed by atoms with Gasteiger partial charge in [-0.1, -0.05) is 65.8 Å². The molecule has 2 atom stereocenters. The second-order valence-corrected chi connectivity index (χ2v) is 8.46. The van der Waals surface area contributed by atoms with Crippen LogP contribution in [0.1, 0.15) is 26.7 Å². The Kier molecular flexibility index (Phi) is 3.09. The third-order valence-electron chi connectivity index (χ3n) is 4.30. The van der Waals surface area contributed by atoms with Crippen LogP contribution in [-0.2, 0) is 0 Å². The first-order valence-electron chi connectivity index (χ1n) is 6.13. The minimum atomic E-state index is 0.277. The zero-order chi connectivity index (χ0) is 12.2. The fourth-order valence-corrected chi connectivity index (χ4v) is 4.62. The normalized spacial score (nSPS) is 34.1. The highest BCUT2D eigenvalue weighted by Crippen LogP contribution is 2.56. The van der Waals surface area contributed by atoms with Crippen molar-refractivity contribution in [2.45, 2.75) is 30.6 Å². The van der Waals surface area contributed by atoms with Gasteiger partial charge >= 0.3 is 0 Å². The van der Waals surface area contributed by atoms with Gasteiger partial charge in [-0.3, -0.25) is 0 Å². The Labute approximate surface area is 131 Å². The van der Waals surface area contributed by atoms with E-state index in [1.54, 1.807) is 16.7 Å². The fraction of sp³-hybridized carbons (Fsp3) is 0.467. The zero-order valence-electron chi connectivity index (χ0n) is 10.1. The van der Waals surface area contributed by atoms with E-state index >= 15 is 0 Å². The van der Waals surface area contributed by atoms with Gasteiger partial charge in [0.15, 0.2) is 0 Å². The van der Waals surface area contributed by atoms with E-state index < -0.39 is 0 Å². The molecule has 0 bridgehead atoms. The Morgan fingerprint density at radius 3 is 2.88 bits per heavy atom. The van der Waals surface area contributed by atoms with Gasteiger partial charge < -0.3 is 0 Å². The summed E-state index contributed by atoms with van der Waals surface area (Å²) >= 11 is 5.01. The lowest BCUT2D eigenvalue weighted by Gasteiger charge is -2.29. The topological polar surface area (TPSA) is 0 Å². The maximum atomic E-state index is 2.55. The van der Waals surface area contributed by atoms with Crippen LogP contribution in [0.15, 0.2) is 44.6 Å². The molecule has 0 nitrogen and oxygen atoms in total. The fourth-order valence-electron chi connectivity index (χ4n) is 3.38. The standard InChI is InChI=1S/C15H16I2/c1-15(2)13-7-9(16)3-5-11(13)12-6-4-10(17)8-14(12)15/h3-5,8-9,12H,6-7H2,1-2H3. The Morgan fingerprint density at radius 1 is 1.35 bits per heavy atom. The largest absolute Gasteiger partial charge is 0.0777 e. The molecule has 90 valence electrons. The third kappa shape index (κ3) is 1.90. The van der Waals surface area contributed by atoms with Crippen LogP contribution in [0.5, 0.6) is 0 Å². The predicted molar refractivity (Wildman–Crippen MR) is 90.7 cm³/mol. The quantitative estimate of drug-likeness (QED) is 0.345. The number of fused-ring (bicyclic) bond motifs is 2. The lowest BCUT2D eigenvalue weighted by Crippen LogP contribution is -2.18. The van der Waals surface area contributed by atoms with Crippen molar-refractivity contribution in [3.05, 3.63) is 44.6 Å². The van der Waals surface area contributed by atoms with Crippen LogP contribution in [0, 0.1) is 11.3 Å². The van der Waals surface area contributed by atoms with E-state index in [4.69, 9.17) is 0 Å². The highest BCUT2D eigenvalue weighted by molar-refractivity contribution is 14.1. The minimum absolute atomic E-state index is 0.277. The summed E-state index contributed by atoms with van der Waals surface area (Å²) in [6.07, 6.45) is 12.0. The van der Waals surface area contributed by atoms with Crippen LogP contribution in [0.2, 0.25) is 0 Å². The second kappa shape index (κ2) is 4.22. The van der Waals surface area contributed by atoms with E-state index in [1.807, 2.05) is 0 Å². The smallest absolute Gasteiger partial charge is 0.0330 e. The van der Waals surface area contributed by atoms with Gasteiger partial charge in [0.05, 0.1) is 0 Å². The molecule has 3 rings (SSSR count). The molecule has 0 aliphatic heterocycles. The van der Waals surface area contributed by atoms with Crippen LogP contribution >= 0.6 is 45.2 Å². The number of halogens is 2. The van der Waals surface area contributed by atoms with Crippen LogP contribution in [0.4, 0.5) is 0 Å². The molecule has 0 heterocycles. The summed E-state index contributed by atoms with van der Waals surface area (Å²) in [6.45, 7) is 4.82. The zero-order valence-corrected chi connectivity index (χ0v) is 14.4. The number of hydrogen-bond acceptors (Lipinski definition) is 0. The van der Waals surface area contributed by atoms with Gasteiger partial charge in [-0.25, -0.2) is 0 Å². The van der Waals surface area contributed by atoms with E-state index in [9.17, 15) is 0 Å². The Hall–Kier alpha value is 0.420. The number of hydrogen-bond donors (Lipinski definition) is 0. The molecule has 0 fully saturated rings. The van der Waals surface area contributed by atoms with Gasteiger partial charge in [0.2, 0.25) is 0 Å². The van der Waals surface area contributed by atoms with E-state index in [-0.39, 0.29) is 5.41 Å². The average molecular weight is 450 g/mol. The van der Waals surface area contributed by atoms with Crippen LogP contribution in [0.3, 0.4) is 0 Å². The molecule has 2 unspecified atom stereocenters. The molecule has 0 saturated carbocycles. The van der Waals surface area contributed by atoms with Crippen molar-refractivity contribution in [3.8, 4) is 0 Å². The van der Waals surface area contributed by atoms with E-state index in [0.29, 0.717) is 9.84 Å². The molecular weight excluding hydrogens is 434 g/mol. The molecule has 0 aromatic rings. The molecule has 0 N–H and O–H groups in total. The van der Waals surface area contributed by atoms with Gasteiger partial charge in [-0.15, -0.1) is 0 Å². The van der Waals surface area contributed by atoms with Gasteiger partial charge in [0.1, 0.15) is 0 Å². The summed E-state index contributed by atoms with van der Waals surface area (Å²) in [5.41, 5.74) is 5.23. The first-order chi connectivity index (χ1) is 8.00. The molecule has 0 spiro atoms. The molecule has 0 radical (unpaired) electrons. The van der Waals surface area contributed by atoms with Crippen LogP contribution in [-0.4, -0.2) is 3.92 Å². The number of allylic oxidation sites excluding steroid dienone is 8. The van der Waals surface area contributed by atoms with E-state index in [0.717, 1.165) is 0 Å². The van der Waals surface area contributed by atoms with Crippen molar-refractivity contribution < 1.29 is 0 Å². The van der Waals surface area contributed by atoms with Crippen molar-refractivity contribution in [2.75, 3.05) is 0 Å². The SMILES string of the molecule is CC1(C)C2=CC(I)=CCC2C2=C1CC(I)C=C2. The number of alkyl halides is 1. The maximum absolute atomic E-state index is 2.55. The summed E-state index contributed by atoms with van der Waals surface area (Å²) in [5.74, 6) is 0.665. The molecule has 3 aliphatic carbocycles. The van der Waals surface area contributed by atoms with E-state index in [2.05, 4.69) is 83.3 Å². The molecule has 2 heteroatoms. The van der Waals surface area contributed by atoms with Crippen LogP contribution < -0.4 is 0 Å². The van der Waals surface area contributed by atoms with Crippen LogP contribution in [0.25, 0.3) is 0 Å². The Balaban J connectivity index is 2.11. The minimum Gasteiger partial charge on any atom is -0.0777 e. The molecule has 17 heavy (non-hydrogen) atoms. The van der Waals surface area contributed by atoms with Gasteiger partial charge in [-0.2, -0.15) is 0 Å². The number of rotatable bonds is 0. The second-order valence-electron chi connectivity index (χ2n) is 5.62. The summed E-state index contributed by atoms with van der Waals surface area (Å²) in [7, 11) is 0. The lowest BCUT2D eigenvalue weighted by molar-refractivity contribution is 0.507. The van der Waals surface area contributed by atoms with Gasteiger partial charge in [-0.05, 0) is 47.1 Å². The van der Waals surface area contributed by atoms with Crippen molar-refractivity contribution in [2.24, 2.45) is 11.3 Å². The maximum Gasteiger partial charge on any atom is 0.0330 e. The molecule has 0 aromatic heterocycles. The summed E-state index contributed by atoms with van der Waals surface area (Å²) < 4.78 is 2.09. The highest BCUT2D eigenvalue weighted by atomic mass is 127. The summed E-state index contributed by atoms with van der Waals surface area (Å²) in [4.78, 5) is 0. The highest BCUT2D eigenvalue weighted by Gasteiger charge is 2.44. The molecule has 0 aromatic carbocycles. The van der Waals surface area contributed by atoms with E-state index in [1.165, 1.54) is 16.4 Å². The summed E-state index contributed by atoms with van der Waals surface area (Å²) in [5, 5.41) is 0. The monoisotopic (exact) mass is 450 g/mol. The van der Waals surface area contributed by atoms with Crippen molar-refractivity contribution in [1.29, 1.82) is 0 Å². The first-order valence-corrected chi connectivity index (χ1v) is 8.46. The third-order valence-corrected chi connectivity index (χ3v) is 5.91. The molecule has 0 amide bonds. The van der Waals surface area contributed by atoms with Gasteiger partial charge in [0, 0.05) is 18.8 Å². The molecule has 3 aliphatic rings.